The molecule has 444 valence electrons. The van der Waals surface area contributed by atoms with Crippen LogP contribution in [0.2, 0.25) is 5.28 Å². The van der Waals surface area contributed by atoms with Gasteiger partial charge in [-0.05, 0) is 108 Å². The van der Waals surface area contributed by atoms with Crippen molar-refractivity contribution in [2.75, 3.05) is 46.2 Å². The van der Waals surface area contributed by atoms with Gasteiger partial charge in [0.25, 0.3) is 0 Å². The molecule has 0 unspecified atom stereocenters. The molecule has 2 aliphatic carbocycles. The van der Waals surface area contributed by atoms with E-state index in [0.29, 0.717) is 36.4 Å². The minimum Gasteiger partial charge on any atom is -0.744 e. The second-order valence-corrected chi connectivity index (χ2v) is 28.3. The molecule has 0 aliphatic heterocycles. The summed E-state index contributed by atoms with van der Waals surface area (Å²) in [4.78, 5) is 33.9. The van der Waals surface area contributed by atoms with E-state index < -0.39 is 209 Å². The Morgan fingerprint density at radius 3 is 1.03 bits per heavy atom. The van der Waals surface area contributed by atoms with Gasteiger partial charge in [0.1, 0.15) is 51.9 Å². The number of nitrogens with zero attached hydrogens (tertiary/aromatic N) is 5. The molecule has 0 bridgehead atoms. The minimum atomic E-state index is -5.75. The monoisotopic (exact) mass is 1460 g/mol. The zero-order chi connectivity index (χ0) is 61.6. The molecule has 5 aromatic rings. The Kier molecular flexibility index (Phi) is 32.0. The van der Waals surface area contributed by atoms with Gasteiger partial charge in [-0.1, -0.05) is 0 Å². The van der Waals surface area contributed by atoms with E-state index in [1.807, 2.05) is 0 Å². The smallest absolute Gasteiger partial charge is 0.744 e. The maximum atomic E-state index is 14.3. The van der Waals surface area contributed by atoms with Gasteiger partial charge in [-0.3, -0.25) is 28.8 Å². The number of benzene rings is 4. The van der Waals surface area contributed by atoms with Crippen LogP contribution in [0, 0.1) is 0 Å². The Labute approximate surface area is 643 Å². The van der Waals surface area contributed by atoms with Crippen molar-refractivity contribution in [1.82, 2.24) is 15.0 Å². The van der Waals surface area contributed by atoms with Gasteiger partial charge < -0.3 is 38.0 Å². The number of hydrogen-bond acceptors (Lipinski definition) is 35. The molecule has 0 fully saturated rings. The number of hydrazone groups is 2. The summed E-state index contributed by atoms with van der Waals surface area (Å²) in [5, 5.41) is 11.2. The molecule has 0 saturated carbocycles. The van der Waals surface area contributed by atoms with Crippen molar-refractivity contribution in [3.63, 3.8) is 0 Å². The van der Waals surface area contributed by atoms with Crippen molar-refractivity contribution in [1.29, 1.82) is 0 Å². The van der Waals surface area contributed by atoms with Crippen LogP contribution in [0.1, 0.15) is 31.8 Å². The number of anilines is 6. The summed E-state index contributed by atoms with van der Waals surface area (Å²) in [7, 11) is -41.7. The number of aromatic nitrogens is 3. The van der Waals surface area contributed by atoms with Crippen LogP contribution >= 0.6 is 11.6 Å². The van der Waals surface area contributed by atoms with E-state index in [1.54, 1.807) is 0 Å². The number of allylic oxidation sites excluding steroid dienone is 2. The minimum absolute atomic E-state index is 0. The fourth-order valence-corrected chi connectivity index (χ4v) is 12.6. The molecule has 2 aliphatic rings. The standard InChI is InChI=1S/C39H32ClN9O26S8.6Na/c40-37-43-38(41-27-17-25(78(56,57)58)13-19-15-29(80(62,63)64)33(35(50)31(19)27)48-46-21-1-5-23(6-2-21)76(52,53)11-9-74-82(68,69)70)45-39(44-37)42-28-18-26(79(59,60)61)14-20-16-30(81(65,66)67)34(36(51)32(20)28)49-47-22-3-7-24(8-4-22)77(54,55)12-10-75-83(71,72)73;;;;;;/h1-8,13-18,46-47H,9-12H2,(H,56,57,58)(H,59,60,61)(H,62,63,64)(H,65,66,67)(H,68,69,70)(H,71,72,73)(H2,41,42,43,44,45);;;;;;/q;6*+1/p-6/b48-33+,49-34+;;;;;;. The zero-order valence-electron chi connectivity index (χ0n) is 45.9. The van der Waals surface area contributed by atoms with E-state index in [4.69, 9.17) is 11.6 Å². The van der Waals surface area contributed by atoms with Gasteiger partial charge in [0.05, 0.1) is 88.0 Å². The average Bonchev–Trinajstić information content (AvgIpc) is 0.797. The van der Waals surface area contributed by atoms with Gasteiger partial charge in [0.15, 0.2) is 19.7 Å². The number of fused-ring (bicyclic) bond motifs is 2. The van der Waals surface area contributed by atoms with Gasteiger partial charge >= 0.3 is 177 Å². The Morgan fingerprint density at radius 2 is 0.753 bits per heavy atom. The predicted octanol–water partition coefficient (Wildman–Crippen LogP) is -18.6. The third kappa shape index (κ3) is 23.0. The third-order valence-corrected chi connectivity index (χ3v) is 18.4. The van der Waals surface area contributed by atoms with Gasteiger partial charge in [0.2, 0.25) is 49.5 Å². The number of Topliss-reactive ketones (excluding diaryl/α,β-unsaturated/α-hetero) is 2. The molecule has 1 aromatic heterocycles. The first-order valence-electron chi connectivity index (χ1n) is 21.3. The molecular weight excluding hydrogens is 1440 g/mol. The number of carbonyl (C=O) groups is 2. The molecule has 50 heteroatoms. The van der Waals surface area contributed by atoms with Gasteiger partial charge in [-0.15, -0.1) is 0 Å². The number of rotatable bonds is 22. The first-order chi connectivity index (χ1) is 38.1. The van der Waals surface area contributed by atoms with Crippen LogP contribution in [0.15, 0.2) is 112 Å². The Hall–Kier alpha value is -1.18. The molecule has 35 nitrogen and oxygen atoms in total. The molecule has 7 rings (SSSR count). The number of carbonyl (C=O) groups excluding carboxylic acids is 2. The molecule has 89 heavy (non-hydrogen) atoms. The van der Waals surface area contributed by atoms with Crippen molar-refractivity contribution < 1.29 is 290 Å². The fourth-order valence-electron chi connectivity index (χ4n) is 7.11. The van der Waals surface area contributed by atoms with Crippen LogP contribution in [0.25, 0.3) is 12.2 Å². The van der Waals surface area contributed by atoms with Crippen LogP contribution < -0.4 is 199 Å². The van der Waals surface area contributed by atoms with Crippen molar-refractivity contribution in [2.45, 2.75) is 19.6 Å². The number of hydrogen-bond donors (Lipinski definition) is 4. The fraction of sp³-hybridized carbons (Fsp3) is 0.103. The predicted molar refractivity (Wildman–Crippen MR) is 275 cm³/mol. The van der Waals surface area contributed by atoms with Crippen molar-refractivity contribution >= 4 is 162 Å². The second kappa shape index (κ2) is 33.2. The molecule has 0 spiro atoms. The molecule has 0 atom stereocenters. The van der Waals surface area contributed by atoms with Gasteiger partial charge in [0, 0.05) is 0 Å². The Bertz CT molecular complexity index is 4420. The second-order valence-electron chi connectivity index (χ2n) is 16.2. The quantitative estimate of drug-likeness (QED) is 0.0216. The zero-order valence-corrected chi connectivity index (χ0v) is 65.2. The van der Waals surface area contributed by atoms with Crippen LogP contribution in [0.3, 0.4) is 0 Å². The summed E-state index contributed by atoms with van der Waals surface area (Å²) >= 11 is 6.18. The normalized spacial score (nSPS) is 14.5. The molecule has 4 N–H and O–H groups in total. The van der Waals surface area contributed by atoms with E-state index >= 15 is 0 Å². The topological polar surface area (TPSA) is 576 Å². The Balaban J connectivity index is 0.00000660. The van der Waals surface area contributed by atoms with Gasteiger partial charge in [-0.25, -0.2) is 67.3 Å². The van der Waals surface area contributed by atoms with E-state index in [1.165, 1.54) is 0 Å². The third-order valence-electron chi connectivity index (χ3n) is 10.6. The molecule has 0 saturated heterocycles. The van der Waals surface area contributed by atoms with E-state index in [2.05, 4.69) is 55.0 Å². The first-order valence-corrected chi connectivity index (χ1v) is 33.3. The molecule has 1 heterocycles. The summed E-state index contributed by atoms with van der Waals surface area (Å²) in [6.45, 7) is -2.10. The average molecular weight is 1470 g/mol. The van der Waals surface area contributed by atoms with Crippen molar-refractivity contribution in [3.05, 3.63) is 110 Å². The summed E-state index contributed by atoms with van der Waals surface area (Å²) in [5.74, 6) is -6.72. The summed E-state index contributed by atoms with van der Waals surface area (Å²) < 4.78 is 272. The first kappa shape index (κ1) is 85.8. The SMILES string of the molecule is O=C1/C(=N/Nc2ccc(S(=O)(=O)CCOS(=O)(=O)[O-])cc2)C(S(=O)(=O)[O-])=Cc2cc(S(=O)(=O)[O-])cc(Nc3nc(Cl)nc(Nc4cc(S(=O)(=O)[O-])cc5c4C(=O)/C(=N/Nc4ccc(S(=O)(=O)CCOS(=O)(=O)[O-])cc4)C(S(=O)(=O)[O-])=C5)n3)c21.[Na+].[Na+].[Na+].[Na+].[Na+].[Na+]. The van der Waals surface area contributed by atoms with E-state index in [-0.39, 0.29) is 189 Å². The number of ketones is 2. The maximum absolute atomic E-state index is 14.3. The van der Waals surface area contributed by atoms with Crippen LogP contribution in [-0.4, -0.2) is 157 Å². The molecular formula is C39H26ClN9Na6O26S8. The molecule has 0 radical (unpaired) electrons. The number of sulfone groups is 2. The number of halogens is 1. The van der Waals surface area contributed by atoms with E-state index in [0.717, 1.165) is 48.5 Å². The van der Waals surface area contributed by atoms with Crippen molar-refractivity contribution in [2.24, 2.45) is 10.2 Å². The molecule has 4 aromatic carbocycles. The summed E-state index contributed by atoms with van der Waals surface area (Å²) in [5.41, 5.74) is -3.02. The van der Waals surface area contributed by atoms with Crippen molar-refractivity contribution in [3.8, 4) is 0 Å². The Morgan fingerprint density at radius 1 is 0.438 bits per heavy atom. The van der Waals surface area contributed by atoms with Gasteiger partial charge in [-0.2, -0.15) is 25.2 Å². The number of nitrogens with one attached hydrogen (secondary N) is 4. The maximum Gasteiger partial charge on any atom is 1.00 e. The van der Waals surface area contributed by atoms with Crippen LogP contribution in [0.5, 0.6) is 0 Å². The van der Waals surface area contributed by atoms with E-state index in [9.17, 15) is 104 Å². The van der Waals surface area contributed by atoms with Crippen LogP contribution in [0.4, 0.5) is 34.6 Å². The summed E-state index contributed by atoms with van der Waals surface area (Å²) in [6, 6.07) is 9.60. The molecule has 0 amide bonds. The summed E-state index contributed by atoms with van der Waals surface area (Å²) in [6.07, 6.45) is 0.878. The van der Waals surface area contributed by atoms with Crippen LogP contribution in [-0.2, 0) is 89.3 Å². The largest absolute Gasteiger partial charge is 1.00 e.